The normalized spacial score (nSPS) is 14.7. The van der Waals surface area contributed by atoms with E-state index in [1.54, 1.807) is 36.4 Å². The molecule has 0 saturated heterocycles. The standard InChI is InChI=1S/C26H20F17NO2/c1-18(2,46-17(45)44-16-10-6-9-15(13-16)14-7-4-3-5-8-14)11-12-19(27,28)20(29,30)21(31,32)22(33,34)23(35,36)24(37,38)25(39,40)26(41,42)43/h3-10,13H,11-12H2,1-2H3,(H,44,45). The summed E-state index contributed by atoms with van der Waals surface area (Å²) in [5.41, 5.74) is -1.12. The van der Waals surface area contributed by atoms with E-state index >= 15 is 0 Å². The summed E-state index contributed by atoms with van der Waals surface area (Å²) in [6.07, 6.45) is -13.7. The van der Waals surface area contributed by atoms with Gasteiger partial charge in [0.2, 0.25) is 0 Å². The van der Waals surface area contributed by atoms with Crippen LogP contribution in [0.2, 0.25) is 0 Å². The number of rotatable bonds is 12. The number of benzene rings is 2. The molecule has 0 radical (unpaired) electrons. The average Bonchev–Trinajstić information content (AvgIpc) is 2.91. The molecule has 0 bridgehead atoms. The van der Waals surface area contributed by atoms with Crippen molar-refractivity contribution >= 4 is 11.8 Å². The van der Waals surface area contributed by atoms with E-state index in [1.807, 2.05) is 0 Å². The molecule has 20 heteroatoms. The lowest BCUT2D eigenvalue weighted by atomic mass is 9.87. The van der Waals surface area contributed by atoms with Crippen LogP contribution in [0.15, 0.2) is 54.6 Å². The first-order valence-electron chi connectivity index (χ1n) is 12.3. The average molecular weight is 701 g/mol. The number of halogens is 17. The molecule has 0 unspecified atom stereocenters. The molecule has 3 nitrogen and oxygen atoms in total. The topological polar surface area (TPSA) is 38.3 Å². The van der Waals surface area contributed by atoms with Crippen molar-refractivity contribution in [2.24, 2.45) is 0 Å². The van der Waals surface area contributed by atoms with Crippen LogP contribution < -0.4 is 5.32 Å². The van der Waals surface area contributed by atoms with Gasteiger partial charge in [0.1, 0.15) is 5.60 Å². The summed E-state index contributed by atoms with van der Waals surface area (Å²) in [5, 5.41) is 2.12. The van der Waals surface area contributed by atoms with Crippen molar-refractivity contribution in [3.63, 3.8) is 0 Å². The van der Waals surface area contributed by atoms with Gasteiger partial charge < -0.3 is 4.74 Å². The molecule has 0 saturated carbocycles. The molecular formula is C26H20F17NO2. The second-order valence-electron chi connectivity index (χ2n) is 10.4. The number of nitrogens with one attached hydrogen (secondary N) is 1. The van der Waals surface area contributed by atoms with Gasteiger partial charge in [0.05, 0.1) is 0 Å². The number of carbonyl (C=O) groups excluding carboxylic acids is 1. The minimum Gasteiger partial charge on any atom is -0.443 e. The summed E-state index contributed by atoms with van der Waals surface area (Å²) >= 11 is 0. The Bertz CT molecular complexity index is 1370. The summed E-state index contributed by atoms with van der Waals surface area (Å²) in [7, 11) is 0. The van der Waals surface area contributed by atoms with Crippen molar-refractivity contribution in [1.82, 2.24) is 0 Å². The fourth-order valence-corrected chi connectivity index (χ4v) is 3.66. The Labute approximate surface area is 247 Å². The van der Waals surface area contributed by atoms with E-state index in [-0.39, 0.29) is 5.69 Å². The highest BCUT2D eigenvalue weighted by Crippen LogP contribution is 2.64. The number of alkyl halides is 17. The number of hydrogen-bond acceptors (Lipinski definition) is 2. The Hall–Kier alpha value is -3.48. The highest BCUT2D eigenvalue weighted by atomic mass is 19.4. The van der Waals surface area contributed by atoms with E-state index in [0.29, 0.717) is 25.0 Å². The largest absolute Gasteiger partial charge is 0.460 e. The zero-order chi connectivity index (χ0) is 36.0. The van der Waals surface area contributed by atoms with Crippen LogP contribution in [0.1, 0.15) is 26.7 Å². The zero-order valence-electron chi connectivity index (χ0n) is 22.9. The van der Waals surface area contributed by atoms with E-state index in [0.717, 1.165) is 0 Å². The lowest BCUT2D eigenvalue weighted by Crippen LogP contribution is -2.74. The fraction of sp³-hybridized carbons (Fsp3) is 0.500. The van der Waals surface area contributed by atoms with Gasteiger partial charge in [-0.05, 0) is 43.5 Å². The van der Waals surface area contributed by atoms with Crippen molar-refractivity contribution in [2.75, 3.05) is 5.32 Å². The minimum absolute atomic E-state index is 0.0229. The van der Waals surface area contributed by atoms with Gasteiger partial charge in [-0.25, -0.2) is 4.79 Å². The third-order valence-corrected chi connectivity index (χ3v) is 6.41. The minimum atomic E-state index is -8.69. The number of hydrogen-bond donors (Lipinski definition) is 1. The predicted octanol–water partition coefficient (Wildman–Crippen LogP) is 10.5. The van der Waals surface area contributed by atoms with E-state index < -0.39 is 72.2 Å². The van der Waals surface area contributed by atoms with Gasteiger partial charge in [0, 0.05) is 12.1 Å². The number of ether oxygens (including phenoxy) is 1. The Morgan fingerprint density at radius 2 is 1.00 bits per heavy atom. The lowest BCUT2D eigenvalue weighted by Gasteiger charge is -2.43. The van der Waals surface area contributed by atoms with Crippen molar-refractivity contribution < 1.29 is 84.2 Å². The molecular weight excluding hydrogens is 681 g/mol. The van der Waals surface area contributed by atoms with Crippen LogP contribution in [0, 0.1) is 0 Å². The molecule has 1 amide bonds. The maximum Gasteiger partial charge on any atom is 0.460 e. The van der Waals surface area contributed by atoms with Crippen LogP contribution in [0.4, 0.5) is 85.1 Å². The van der Waals surface area contributed by atoms with E-state index in [4.69, 9.17) is 4.74 Å². The molecule has 0 aromatic heterocycles. The third-order valence-electron chi connectivity index (χ3n) is 6.41. The SMILES string of the molecule is CC(C)(CCC(F)(F)C(F)(F)C(F)(F)C(F)(F)C(F)(F)C(F)(F)C(F)(F)C(F)(F)F)OC(=O)Nc1cccc(-c2ccccc2)c1. The molecule has 260 valence electrons. The molecule has 2 aromatic rings. The molecule has 2 rings (SSSR count). The molecule has 2 aromatic carbocycles. The van der Waals surface area contributed by atoms with E-state index in [2.05, 4.69) is 5.32 Å². The first-order valence-corrected chi connectivity index (χ1v) is 12.3. The summed E-state index contributed by atoms with van der Waals surface area (Å²) < 4.78 is 234. The Balaban J connectivity index is 2.25. The highest BCUT2D eigenvalue weighted by Gasteiger charge is 2.95. The predicted molar refractivity (Wildman–Crippen MR) is 126 cm³/mol. The highest BCUT2D eigenvalue weighted by molar-refractivity contribution is 5.86. The summed E-state index contributed by atoms with van der Waals surface area (Å²) in [4.78, 5) is 12.3. The van der Waals surface area contributed by atoms with Crippen molar-refractivity contribution in [2.45, 2.75) is 79.9 Å². The van der Waals surface area contributed by atoms with Crippen molar-refractivity contribution in [3.8, 4) is 11.1 Å². The van der Waals surface area contributed by atoms with Gasteiger partial charge in [0.25, 0.3) is 0 Å². The monoisotopic (exact) mass is 701 g/mol. The van der Waals surface area contributed by atoms with Gasteiger partial charge in [0.15, 0.2) is 0 Å². The molecule has 0 heterocycles. The van der Waals surface area contributed by atoms with Gasteiger partial charge in [-0.15, -0.1) is 0 Å². The van der Waals surface area contributed by atoms with Crippen LogP contribution in [0.3, 0.4) is 0 Å². The number of carbonyl (C=O) groups is 1. The fourth-order valence-electron chi connectivity index (χ4n) is 3.66. The smallest absolute Gasteiger partial charge is 0.443 e. The first kappa shape index (κ1) is 38.7. The first-order chi connectivity index (χ1) is 20.4. The van der Waals surface area contributed by atoms with E-state index in [9.17, 15) is 79.4 Å². The van der Waals surface area contributed by atoms with Crippen molar-refractivity contribution in [1.29, 1.82) is 0 Å². The van der Waals surface area contributed by atoms with E-state index in [1.165, 1.54) is 18.2 Å². The molecule has 0 spiro atoms. The molecule has 0 aliphatic rings. The van der Waals surface area contributed by atoms with Crippen LogP contribution in [0.25, 0.3) is 11.1 Å². The lowest BCUT2D eigenvalue weighted by molar-refractivity contribution is -0.462. The second-order valence-corrected chi connectivity index (χ2v) is 10.4. The summed E-state index contributed by atoms with van der Waals surface area (Å²) in [5.74, 6) is -56.9. The molecule has 0 aliphatic heterocycles. The van der Waals surface area contributed by atoms with Crippen molar-refractivity contribution in [3.05, 3.63) is 54.6 Å². The Morgan fingerprint density at radius 3 is 1.48 bits per heavy atom. The van der Waals surface area contributed by atoms with Crippen LogP contribution in [-0.4, -0.2) is 59.3 Å². The quantitative estimate of drug-likeness (QED) is 0.224. The van der Waals surface area contributed by atoms with Gasteiger partial charge in [-0.2, -0.15) is 74.6 Å². The number of anilines is 1. The third kappa shape index (κ3) is 6.65. The van der Waals surface area contributed by atoms with Gasteiger partial charge in [-0.1, -0.05) is 42.5 Å². The zero-order valence-corrected chi connectivity index (χ0v) is 22.9. The maximum absolute atomic E-state index is 14.3. The second kappa shape index (κ2) is 12.0. The number of amides is 1. The van der Waals surface area contributed by atoms with Crippen LogP contribution in [-0.2, 0) is 4.74 Å². The summed E-state index contributed by atoms with van der Waals surface area (Å²) in [6.45, 7) is 1.42. The Kier molecular flexibility index (Phi) is 10.1. The van der Waals surface area contributed by atoms with Crippen LogP contribution in [0.5, 0.6) is 0 Å². The Morgan fingerprint density at radius 1 is 0.565 bits per heavy atom. The van der Waals surface area contributed by atoms with Gasteiger partial charge in [-0.3, -0.25) is 5.32 Å². The maximum atomic E-state index is 14.3. The van der Waals surface area contributed by atoms with Gasteiger partial charge >= 0.3 is 53.7 Å². The summed E-state index contributed by atoms with van der Waals surface area (Å²) in [6, 6.07) is 14.2. The molecule has 0 fully saturated rings. The molecule has 0 atom stereocenters. The molecule has 1 N–H and O–H groups in total. The molecule has 0 aliphatic carbocycles. The van der Waals surface area contributed by atoms with Crippen LogP contribution >= 0.6 is 0 Å². The molecule has 46 heavy (non-hydrogen) atoms.